The lowest BCUT2D eigenvalue weighted by molar-refractivity contribution is -0.120. The second kappa shape index (κ2) is 5.21. The summed E-state index contributed by atoms with van der Waals surface area (Å²) in [5, 5.41) is 2.92. The number of aryl methyl sites for hydroxylation is 2. The number of fused-ring (bicyclic) bond motifs is 1. The van der Waals surface area contributed by atoms with Crippen molar-refractivity contribution in [3.8, 4) is 0 Å². The molecule has 0 amide bonds. The summed E-state index contributed by atoms with van der Waals surface area (Å²) >= 11 is 1.57. The number of hydrogen-bond acceptors (Lipinski definition) is 4. The molecule has 2 aromatic rings. The fourth-order valence-corrected chi connectivity index (χ4v) is 3.46. The fraction of sp³-hybridized carbons (Fsp3) is 0.400. The van der Waals surface area contributed by atoms with Gasteiger partial charge in [-0.25, -0.2) is 4.98 Å². The predicted octanol–water partition coefficient (Wildman–Crippen LogP) is 3.08. The highest BCUT2D eigenvalue weighted by Gasteiger charge is 2.27. The van der Waals surface area contributed by atoms with Crippen LogP contribution < -0.4 is 0 Å². The number of carbonyl (C=O) groups is 1. The van der Waals surface area contributed by atoms with Crippen LogP contribution in [-0.4, -0.2) is 15.8 Å². The molecule has 0 fully saturated rings. The maximum absolute atomic E-state index is 12.5. The highest BCUT2D eigenvalue weighted by molar-refractivity contribution is 7.09. The lowest BCUT2D eigenvalue weighted by atomic mass is 9.83. The third kappa shape index (κ3) is 2.59. The first kappa shape index (κ1) is 12.5. The molecule has 98 valence electrons. The van der Waals surface area contributed by atoms with Crippen LogP contribution in [0.4, 0.5) is 0 Å². The van der Waals surface area contributed by atoms with Gasteiger partial charge in [0.25, 0.3) is 0 Å². The van der Waals surface area contributed by atoms with Crippen LogP contribution >= 0.6 is 11.3 Å². The van der Waals surface area contributed by atoms with Gasteiger partial charge in [-0.2, -0.15) is 0 Å². The Balaban J connectivity index is 1.81. The van der Waals surface area contributed by atoms with Gasteiger partial charge in [0.15, 0.2) is 0 Å². The van der Waals surface area contributed by atoms with Gasteiger partial charge in [-0.3, -0.25) is 9.78 Å². The highest BCUT2D eigenvalue weighted by atomic mass is 32.1. The molecule has 0 saturated carbocycles. The van der Waals surface area contributed by atoms with Crippen LogP contribution in [0, 0.1) is 6.92 Å². The lowest BCUT2D eigenvalue weighted by Crippen LogP contribution is -2.21. The van der Waals surface area contributed by atoms with Crippen molar-refractivity contribution in [2.45, 2.75) is 38.5 Å². The first-order valence-corrected chi connectivity index (χ1v) is 7.49. The van der Waals surface area contributed by atoms with Crippen LogP contribution in [-0.2, 0) is 17.6 Å². The molecule has 1 unspecified atom stereocenters. The first-order valence-electron chi connectivity index (χ1n) is 6.61. The number of Topliss-reactive ketones (excluding diaryl/α,β-unsaturated/α-hetero) is 1. The molecule has 0 radical (unpaired) electrons. The number of pyridine rings is 1. The topological polar surface area (TPSA) is 42.9 Å². The van der Waals surface area contributed by atoms with Crippen molar-refractivity contribution in [1.29, 1.82) is 0 Å². The van der Waals surface area contributed by atoms with Gasteiger partial charge in [0.1, 0.15) is 10.8 Å². The molecule has 3 nitrogen and oxygen atoms in total. The summed E-state index contributed by atoms with van der Waals surface area (Å²) in [6.45, 7) is 1.96. The summed E-state index contributed by atoms with van der Waals surface area (Å²) in [5.74, 6) is 0.225. The zero-order valence-electron chi connectivity index (χ0n) is 10.9. The second-order valence-electron chi connectivity index (χ2n) is 5.02. The SMILES string of the molecule is Cc1csc(CC(=O)C2CCCc3cccnc32)n1. The monoisotopic (exact) mass is 272 g/mol. The van der Waals surface area contributed by atoms with E-state index in [1.807, 2.05) is 18.4 Å². The van der Waals surface area contributed by atoms with Crippen molar-refractivity contribution in [2.24, 2.45) is 0 Å². The number of thiazole rings is 1. The van der Waals surface area contributed by atoms with Crippen LogP contribution in [0.25, 0.3) is 0 Å². The van der Waals surface area contributed by atoms with Crippen molar-refractivity contribution in [1.82, 2.24) is 9.97 Å². The number of aromatic nitrogens is 2. The normalized spacial score (nSPS) is 18.1. The molecule has 2 aromatic heterocycles. The number of carbonyl (C=O) groups excluding carboxylic acids is 1. The second-order valence-corrected chi connectivity index (χ2v) is 5.96. The van der Waals surface area contributed by atoms with E-state index in [1.165, 1.54) is 5.56 Å². The molecular weight excluding hydrogens is 256 g/mol. The summed E-state index contributed by atoms with van der Waals surface area (Å²) in [5.41, 5.74) is 3.23. The smallest absolute Gasteiger partial charge is 0.148 e. The minimum atomic E-state index is -0.0332. The van der Waals surface area contributed by atoms with E-state index < -0.39 is 0 Å². The molecule has 3 rings (SSSR count). The van der Waals surface area contributed by atoms with Crippen LogP contribution in [0.3, 0.4) is 0 Å². The molecule has 4 heteroatoms. The van der Waals surface area contributed by atoms with Crippen LogP contribution in [0.2, 0.25) is 0 Å². The zero-order valence-corrected chi connectivity index (χ0v) is 11.7. The predicted molar refractivity (Wildman–Crippen MR) is 75.5 cm³/mol. The average molecular weight is 272 g/mol. The lowest BCUT2D eigenvalue weighted by Gasteiger charge is -2.22. The molecule has 1 aliphatic carbocycles. The van der Waals surface area contributed by atoms with E-state index in [9.17, 15) is 4.79 Å². The summed E-state index contributed by atoms with van der Waals surface area (Å²) in [6, 6.07) is 4.05. The Bertz CT molecular complexity index is 606. The Hall–Kier alpha value is -1.55. The molecule has 19 heavy (non-hydrogen) atoms. The first-order chi connectivity index (χ1) is 9.24. The van der Waals surface area contributed by atoms with Gasteiger partial charge in [-0.15, -0.1) is 11.3 Å². The summed E-state index contributed by atoms with van der Waals surface area (Å²) in [7, 11) is 0. The zero-order chi connectivity index (χ0) is 13.2. The maximum Gasteiger partial charge on any atom is 0.148 e. The molecular formula is C15H16N2OS. The van der Waals surface area contributed by atoms with Crippen molar-refractivity contribution >= 4 is 17.1 Å². The molecule has 0 aliphatic heterocycles. The van der Waals surface area contributed by atoms with E-state index in [0.29, 0.717) is 6.42 Å². The van der Waals surface area contributed by atoms with E-state index in [1.54, 1.807) is 17.5 Å². The van der Waals surface area contributed by atoms with Gasteiger partial charge in [-0.1, -0.05) is 6.07 Å². The van der Waals surface area contributed by atoms with Gasteiger partial charge < -0.3 is 0 Å². The Kier molecular flexibility index (Phi) is 3.42. The maximum atomic E-state index is 12.5. The largest absolute Gasteiger partial charge is 0.298 e. The highest BCUT2D eigenvalue weighted by Crippen LogP contribution is 2.31. The molecule has 1 atom stereocenters. The van der Waals surface area contributed by atoms with E-state index >= 15 is 0 Å². The minimum Gasteiger partial charge on any atom is -0.298 e. The molecule has 0 spiro atoms. The number of ketones is 1. The van der Waals surface area contributed by atoms with E-state index in [4.69, 9.17) is 0 Å². The van der Waals surface area contributed by atoms with Gasteiger partial charge in [0, 0.05) is 17.3 Å². The summed E-state index contributed by atoms with van der Waals surface area (Å²) in [6.07, 6.45) is 5.28. The minimum absolute atomic E-state index is 0.0332. The number of nitrogens with zero attached hydrogens (tertiary/aromatic N) is 2. The van der Waals surface area contributed by atoms with Gasteiger partial charge >= 0.3 is 0 Å². The standard InChI is InChI=1S/C15H16N2OS/c1-10-9-19-14(17-10)8-13(18)12-6-2-4-11-5-3-7-16-15(11)12/h3,5,7,9,12H,2,4,6,8H2,1H3. The quantitative estimate of drug-likeness (QED) is 0.862. The molecule has 0 N–H and O–H groups in total. The Morgan fingerprint density at radius 2 is 2.42 bits per heavy atom. The van der Waals surface area contributed by atoms with Crippen molar-refractivity contribution < 1.29 is 4.79 Å². The van der Waals surface area contributed by atoms with Gasteiger partial charge in [0.2, 0.25) is 0 Å². The van der Waals surface area contributed by atoms with Crippen LogP contribution in [0.1, 0.15) is 40.7 Å². The van der Waals surface area contributed by atoms with Gasteiger partial charge in [0.05, 0.1) is 18.0 Å². The van der Waals surface area contributed by atoms with Crippen LogP contribution in [0.5, 0.6) is 0 Å². The summed E-state index contributed by atoms with van der Waals surface area (Å²) in [4.78, 5) is 21.3. The van der Waals surface area contributed by atoms with Crippen LogP contribution in [0.15, 0.2) is 23.7 Å². The van der Waals surface area contributed by atoms with Crippen molar-refractivity contribution in [3.05, 3.63) is 45.7 Å². The third-order valence-corrected chi connectivity index (χ3v) is 4.54. The molecule has 2 heterocycles. The number of hydrogen-bond donors (Lipinski definition) is 0. The number of rotatable bonds is 3. The molecule has 0 aromatic carbocycles. The average Bonchev–Trinajstić information content (AvgIpc) is 2.83. The molecule has 0 bridgehead atoms. The Labute approximate surface area is 116 Å². The van der Waals surface area contributed by atoms with E-state index in [2.05, 4.69) is 16.0 Å². The third-order valence-electron chi connectivity index (χ3n) is 3.58. The van der Waals surface area contributed by atoms with Crippen molar-refractivity contribution in [3.63, 3.8) is 0 Å². The van der Waals surface area contributed by atoms with E-state index in [0.717, 1.165) is 35.7 Å². The Morgan fingerprint density at radius 3 is 3.21 bits per heavy atom. The van der Waals surface area contributed by atoms with Crippen molar-refractivity contribution in [2.75, 3.05) is 0 Å². The van der Waals surface area contributed by atoms with E-state index in [-0.39, 0.29) is 11.7 Å². The van der Waals surface area contributed by atoms with Gasteiger partial charge in [-0.05, 0) is 37.8 Å². The Morgan fingerprint density at radius 1 is 1.53 bits per heavy atom. The summed E-state index contributed by atoms with van der Waals surface area (Å²) < 4.78 is 0. The molecule has 0 saturated heterocycles. The fourth-order valence-electron chi connectivity index (χ4n) is 2.68. The molecule has 1 aliphatic rings.